The number of nitrogens with zero attached hydrogens (tertiary/aromatic N) is 1. The van der Waals surface area contributed by atoms with E-state index in [-0.39, 0.29) is 17.0 Å². The van der Waals surface area contributed by atoms with Crippen molar-refractivity contribution in [2.45, 2.75) is 25.7 Å². The SMILES string of the molecule is Cc1ccc(NC(=O)c2cc(C3CC3)no2)c(C(=O)O)c1. The first kappa shape index (κ1) is 13.4. The van der Waals surface area contributed by atoms with Crippen molar-refractivity contribution in [3.05, 3.63) is 46.8 Å². The van der Waals surface area contributed by atoms with Gasteiger partial charge in [-0.05, 0) is 31.9 Å². The van der Waals surface area contributed by atoms with Gasteiger partial charge in [-0.3, -0.25) is 4.79 Å². The van der Waals surface area contributed by atoms with Gasteiger partial charge < -0.3 is 14.9 Å². The monoisotopic (exact) mass is 286 g/mol. The van der Waals surface area contributed by atoms with E-state index >= 15 is 0 Å². The molecule has 0 unspecified atom stereocenters. The second-order valence-electron chi connectivity index (χ2n) is 5.20. The zero-order valence-corrected chi connectivity index (χ0v) is 11.4. The fourth-order valence-corrected chi connectivity index (χ4v) is 2.10. The van der Waals surface area contributed by atoms with Crippen LogP contribution in [-0.2, 0) is 0 Å². The Balaban J connectivity index is 1.81. The van der Waals surface area contributed by atoms with Gasteiger partial charge in [-0.1, -0.05) is 16.8 Å². The standard InChI is InChI=1S/C15H14N2O4/c1-8-2-5-11(10(6-8)15(19)20)16-14(18)13-7-12(17-21-13)9-3-4-9/h2,5-7,9H,3-4H2,1H3,(H,16,18)(H,19,20). The zero-order valence-electron chi connectivity index (χ0n) is 11.4. The molecule has 0 radical (unpaired) electrons. The van der Waals surface area contributed by atoms with Gasteiger partial charge in [0.1, 0.15) is 0 Å². The van der Waals surface area contributed by atoms with E-state index in [0.29, 0.717) is 5.92 Å². The second-order valence-corrected chi connectivity index (χ2v) is 5.20. The summed E-state index contributed by atoms with van der Waals surface area (Å²) in [6.07, 6.45) is 2.13. The predicted molar refractivity (Wildman–Crippen MR) is 74.6 cm³/mol. The highest BCUT2D eigenvalue weighted by Gasteiger charge is 2.28. The molecule has 1 aliphatic carbocycles. The summed E-state index contributed by atoms with van der Waals surface area (Å²) in [7, 11) is 0. The van der Waals surface area contributed by atoms with Gasteiger partial charge in [0.25, 0.3) is 5.91 Å². The van der Waals surface area contributed by atoms with Crippen molar-refractivity contribution in [1.82, 2.24) is 5.16 Å². The third-order valence-electron chi connectivity index (χ3n) is 3.40. The molecular formula is C15H14N2O4. The van der Waals surface area contributed by atoms with E-state index in [4.69, 9.17) is 4.52 Å². The largest absolute Gasteiger partial charge is 0.478 e. The van der Waals surface area contributed by atoms with Crippen molar-refractivity contribution in [1.29, 1.82) is 0 Å². The summed E-state index contributed by atoms with van der Waals surface area (Å²) in [4.78, 5) is 23.3. The van der Waals surface area contributed by atoms with Crippen molar-refractivity contribution < 1.29 is 19.2 Å². The highest BCUT2D eigenvalue weighted by molar-refractivity contribution is 6.06. The predicted octanol–water partition coefficient (Wildman–Crippen LogP) is 2.81. The number of aromatic nitrogens is 1. The number of aryl methyl sites for hydroxylation is 1. The quantitative estimate of drug-likeness (QED) is 0.901. The molecule has 1 aromatic carbocycles. The number of carbonyl (C=O) groups is 2. The fourth-order valence-electron chi connectivity index (χ4n) is 2.10. The molecule has 6 heteroatoms. The number of hydrogen-bond donors (Lipinski definition) is 2. The van der Waals surface area contributed by atoms with Crippen LogP contribution in [0.25, 0.3) is 0 Å². The van der Waals surface area contributed by atoms with Crippen LogP contribution in [0.15, 0.2) is 28.8 Å². The lowest BCUT2D eigenvalue weighted by molar-refractivity contribution is 0.0698. The highest BCUT2D eigenvalue weighted by atomic mass is 16.5. The van der Waals surface area contributed by atoms with Gasteiger partial charge in [0.15, 0.2) is 0 Å². The summed E-state index contributed by atoms with van der Waals surface area (Å²) in [6.45, 7) is 1.79. The van der Waals surface area contributed by atoms with Gasteiger partial charge in [0.2, 0.25) is 5.76 Å². The molecule has 3 rings (SSSR count). The maximum absolute atomic E-state index is 12.1. The van der Waals surface area contributed by atoms with E-state index in [1.54, 1.807) is 25.1 Å². The summed E-state index contributed by atoms with van der Waals surface area (Å²) in [5.74, 6) is -1.11. The molecule has 0 aliphatic heterocycles. The number of amides is 1. The number of carboxylic acids is 1. The summed E-state index contributed by atoms with van der Waals surface area (Å²) in [5, 5.41) is 15.6. The van der Waals surface area contributed by atoms with Crippen molar-refractivity contribution in [2.75, 3.05) is 5.32 Å². The van der Waals surface area contributed by atoms with Gasteiger partial charge in [0.05, 0.1) is 16.9 Å². The van der Waals surface area contributed by atoms with Crippen molar-refractivity contribution in [3.63, 3.8) is 0 Å². The van der Waals surface area contributed by atoms with Crippen molar-refractivity contribution in [2.24, 2.45) is 0 Å². The molecule has 1 heterocycles. The number of nitrogens with one attached hydrogen (secondary N) is 1. The highest BCUT2D eigenvalue weighted by Crippen LogP contribution is 2.39. The molecule has 1 fully saturated rings. The lowest BCUT2D eigenvalue weighted by Gasteiger charge is -2.07. The average Bonchev–Trinajstić information content (AvgIpc) is 3.18. The Hall–Kier alpha value is -2.63. The van der Waals surface area contributed by atoms with Gasteiger partial charge in [0, 0.05) is 12.0 Å². The molecule has 1 saturated carbocycles. The lowest BCUT2D eigenvalue weighted by atomic mass is 10.1. The number of benzene rings is 1. The third kappa shape index (κ3) is 2.79. The molecular weight excluding hydrogens is 272 g/mol. The third-order valence-corrected chi connectivity index (χ3v) is 3.40. The molecule has 1 aromatic heterocycles. The average molecular weight is 286 g/mol. The normalized spacial score (nSPS) is 14.0. The van der Waals surface area contributed by atoms with Gasteiger partial charge in [-0.15, -0.1) is 0 Å². The molecule has 1 amide bonds. The smallest absolute Gasteiger partial charge is 0.337 e. The Morgan fingerprint density at radius 3 is 2.76 bits per heavy atom. The van der Waals surface area contributed by atoms with Crippen LogP contribution >= 0.6 is 0 Å². The minimum atomic E-state index is -1.09. The van der Waals surface area contributed by atoms with Crippen LogP contribution < -0.4 is 5.32 Å². The Kier molecular flexibility index (Phi) is 3.21. The summed E-state index contributed by atoms with van der Waals surface area (Å²) >= 11 is 0. The molecule has 1 aliphatic rings. The minimum Gasteiger partial charge on any atom is -0.478 e. The molecule has 0 bridgehead atoms. The number of anilines is 1. The van der Waals surface area contributed by atoms with Crippen LogP contribution in [0.3, 0.4) is 0 Å². The maximum Gasteiger partial charge on any atom is 0.337 e. The van der Waals surface area contributed by atoms with Gasteiger partial charge >= 0.3 is 5.97 Å². The Morgan fingerprint density at radius 1 is 1.33 bits per heavy atom. The maximum atomic E-state index is 12.1. The van der Waals surface area contributed by atoms with Gasteiger partial charge in [-0.2, -0.15) is 0 Å². The summed E-state index contributed by atoms with van der Waals surface area (Å²) in [5.41, 5.74) is 1.87. The van der Waals surface area contributed by atoms with E-state index in [2.05, 4.69) is 10.5 Å². The molecule has 2 N–H and O–H groups in total. The Bertz CT molecular complexity index is 716. The summed E-state index contributed by atoms with van der Waals surface area (Å²) < 4.78 is 5.01. The molecule has 0 spiro atoms. The summed E-state index contributed by atoms with van der Waals surface area (Å²) in [6, 6.07) is 6.42. The topological polar surface area (TPSA) is 92.4 Å². The van der Waals surface area contributed by atoms with Crippen LogP contribution in [0.5, 0.6) is 0 Å². The molecule has 0 saturated heterocycles. The van der Waals surface area contributed by atoms with E-state index in [1.807, 2.05) is 0 Å². The zero-order chi connectivity index (χ0) is 15.0. The molecule has 6 nitrogen and oxygen atoms in total. The molecule has 108 valence electrons. The second kappa shape index (κ2) is 5.05. The van der Waals surface area contributed by atoms with Crippen LogP contribution in [0, 0.1) is 6.92 Å². The molecule has 0 atom stereocenters. The number of rotatable bonds is 4. The van der Waals surface area contributed by atoms with E-state index in [0.717, 1.165) is 24.1 Å². The van der Waals surface area contributed by atoms with Gasteiger partial charge in [-0.25, -0.2) is 4.79 Å². The Labute approximate surface area is 120 Å². The lowest BCUT2D eigenvalue weighted by Crippen LogP contribution is -2.14. The molecule has 21 heavy (non-hydrogen) atoms. The first-order chi connectivity index (χ1) is 10.0. The van der Waals surface area contributed by atoms with Crippen LogP contribution in [0.4, 0.5) is 5.69 Å². The van der Waals surface area contributed by atoms with Crippen LogP contribution in [0.2, 0.25) is 0 Å². The number of carbonyl (C=O) groups excluding carboxylic acids is 1. The number of carboxylic acid groups (broad SMARTS) is 1. The molecule has 2 aromatic rings. The number of hydrogen-bond acceptors (Lipinski definition) is 4. The van der Waals surface area contributed by atoms with Crippen LogP contribution in [-0.4, -0.2) is 22.1 Å². The Morgan fingerprint density at radius 2 is 2.10 bits per heavy atom. The van der Waals surface area contributed by atoms with E-state index < -0.39 is 11.9 Å². The first-order valence-corrected chi connectivity index (χ1v) is 6.66. The van der Waals surface area contributed by atoms with Crippen LogP contribution in [0.1, 0.15) is 50.9 Å². The van der Waals surface area contributed by atoms with E-state index in [1.165, 1.54) is 6.07 Å². The number of aromatic carboxylic acids is 1. The minimum absolute atomic E-state index is 0.0466. The fraction of sp³-hybridized carbons (Fsp3) is 0.267. The van der Waals surface area contributed by atoms with E-state index in [9.17, 15) is 14.7 Å². The van der Waals surface area contributed by atoms with Crippen molar-refractivity contribution in [3.8, 4) is 0 Å². The van der Waals surface area contributed by atoms with Crippen molar-refractivity contribution >= 4 is 17.6 Å². The first-order valence-electron chi connectivity index (χ1n) is 6.66.